The van der Waals surface area contributed by atoms with Crippen molar-refractivity contribution in [1.82, 2.24) is 0 Å². The van der Waals surface area contributed by atoms with E-state index in [1.54, 1.807) is 6.07 Å². The van der Waals surface area contributed by atoms with Crippen molar-refractivity contribution >= 4 is 23.0 Å². The highest BCUT2D eigenvalue weighted by Gasteiger charge is 2.31. The maximum absolute atomic E-state index is 13.6. The van der Waals surface area contributed by atoms with Crippen LogP contribution in [0.4, 0.5) is 10.1 Å². The highest BCUT2D eigenvalue weighted by atomic mass is 19.1. The first-order valence-corrected chi connectivity index (χ1v) is 6.44. The van der Waals surface area contributed by atoms with E-state index in [1.807, 2.05) is 0 Å². The van der Waals surface area contributed by atoms with Gasteiger partial charge in [0.25, 0.3) is 0 Å². The molecule has 5 nitrogen and oxygen atoms in total. The standard InChI is InChI=1S/C16H10FNO4/c1-8(19)14-6-9-13(20)7-12(15(21)16(9)22-14)18-11-5-3-2-4-10(11)17/h2-7,18H,1H3. The van der Waals surface area contributed by atoms with Gasteiger partial charge in [-0.05, 0) is 18.2 Å². The third kappa shape index (κ3) is 2.24. The lowest BCUT2D eigenvalue weighted by Crippen LogP contribution is -2.20. The van der Waals surface area contributed by atoms with Gasteiger partial charge >= 0.3 is 0 Å². The van der Waals surface area contributed by atoms with E-state index in [-0.39, 0.29) is 28.5 Å². The number of carbonyl (C=O) groups is 3. The minimum absolute atomic E-state index is 0.0364. The number of anilines is 1. The molecule has 3 rings (SSSR count). The first-order valence-electron chi connectivity index (χ1n) is 6.44. The number of fused-ring (bicyclic) bond motifs is 1. The maximum Gasteiger partial charge on any atom is 0.245 e. The zero-order chi connectivity index (χ0) is 15.9. The molecule has 1 aliphatic rings. The number of hydrogen-bond donors (Lipinski definition) is 1. The van der Waals surface area contributed by atoms with Crippen LogP contribution in [0.15, 0.2) is 46.5 Å². The van der Waals surface area contributed by atoms with E-state index in [0.29, 0.717) is 0 Å². The number of furan rings is 1. The highest BCUT2D eigenvalue weighted by molar-refractivity contribution is 6.24. The first-order chi connectivity index (χ1) is 10.5. The summed E-state index contributed by atoms with van der Waals surface area (Å²) in [5.74, 6) is -2.31. The molecule has 0 saturated heterocycles. The lowest BCUT2D eigenvalue weighted by Gasteiger charge is -2.13. The van der Waals surface area contributed by atoms with E-state index in [2.05, 4.69) is 5.32 Å². The van der Waals surface area contributed by atoms with E-state index in [9.17, 15) is 18.8 Å². The van der Waals surface area contributed by atoms with Gasteiger partial charge in [-0.15, -0.1) is 0 Å². The number of para-hydroxylation sites is 1. The van der Waals surface area contributed by atoms with E-state index in [0.717, 1.165) is 6.08 Å². The molecule has 0 fully saturated rings. The molecular formula is C16H10FNO4. The zero-order valence-corrected chi connectivity index (χ0v) is 11.5. The van der Waals surface area contributed by atoms with Gasteiger partial charge in [-0.2, -0.15) is 0 Å². The third-order valence-electron chi connectivity index (χ3n) is 3.21. The Hall–Kier alpha value is -3.02. The molecule has 0 amide bonds. The van der Waals surface area contributed by atoms with Crippen molar-refractivity contribution in [2.45, 2.75) is 6.92 Å². The molecule has 22 heavy (non-hydrogen) atoms. The summed E-state index contributed by atoms with van der Waals surface area (Å²) in [7, 11) is 0. The minimum Gasteiger partial charge on any atom is -0.449 e. The summed E-state index contributed by atoms with van der Waals surface area (Å²) in [5, 5.41) is 2.58. The summed E-state index contributed by atoms with van der Waals surface area (Å²) in [6.45, 7) is 1.27. The van der Waals surface area contributed by atoms with Crippen LogP contribution in [0.3, 0.4) is 0 Å². The SMILES string of the molecule is CC(=O)c1cc2c(o1)C(=O)C(Nc1ccccc1F)=CC2=O. The van der Waals surface area contributed by atoms with Gasteiger partial charge in [0, 0.05) is 13.0 Å². The summed E-state index contributed by atoms with van der Waals surface area (Å²) in [4.78, 5) is 35.6. The molecule has 1 heterocycles. The topological polar surface area (TPSA) is 76.4 Å². The molecule has 1 aromatic carbocycles. The van der Waals surface area contributed by atoms with Crippen molar-refractivity contribution in [3.8, 4) is 0 Å². The molecule has 0 saturated carbocycles. The summed E-state index contributed by atoms with van der Waals surface area (Å²) in [6.07, 6.45) is 1.07. The second-order valence-corrected chi connectivity index (χ2v) is 4.77. The minimum atomic E-state index is -0.606. The van der Waals surface area contributed by atoms with Crippen molar-refractivity contribution in [3.05, 3.63) is 65.0 Å². The molecule has 1 aliphatic carbocycles. The molecule has 0 atom stereocenters. The van der Waals surface area contributed by atoms with Crippen LogP contribution in [0.5, 0.6) is 0 Å². The number of rotatable bonds is 3. The van der Waals surface area contributed by atoms with E-state index in [4.69, 9.17) is 4.42 Å². The lowest BCUT2D eigenvalue weighted by molar-refractivity contribution is 0.0950. The predicted molar refractivity (Wildman–Crippen MR) is 75.5 cm³/mol. The number of ketones is 3. The molecule has 0 spiro atoms. The molecule has 0 bridgehead atoms. The number of allylic oxidation sites excluding steroid dienone is 2. The number of carbonyl (C=O) groups excluding carboxylic acids is 3. The maximum atomic E-state index is 13.6. The normalized spacial score (nSPS) is 13.6. The van der Waals surface area contributed by atoms with Crippen LogP contribution in [0.1, 0.15) is 38.4 Å². The van der Waals surface area contributed by atoms with Crippen LogP contribution in [0, 0.1) is 5.82 Å². The van der Waals surface area contributed by atoms with Crippen LogP contribution >= 0.6 is 0 Å². The quantitative estimate of drug-likeness (QED) is 0.882. The molecule has 0 aliphatic heterocycles. The Morgan fingerprint density at radius 1 is 1.23 bits per heavy atom. The fraction of sp³-hybridized carbons (Fsp3) is 0.0625. The second kappa shape index (κ2) is 5.07. The number of halogens is 1. The average Bonchev–Trinajstić information content (AvgIpc) is 2.93. The Morgan fingerprint density at radius 2 is 1.95 bits per heavy atom. The Kier molecular flexibility index (Phi) is 3.21. The Morgan fingerprint density at radius 3 is 2.64 bits per heavy atom. The molecule has 1 aromatic heterocycles. The fourth-order valence-corrected chi connectivity index (χ4v) is 2.11. The largest absolute Gasteiger partial charge is 0.449 e. The van der Waals surface area contributed by atoms with Gasteiger partial charge in [0.15, 0.2) is 23.1 Å². The van der Waals surface area contributed by atoms with Gasteiger partial charge in [-0.1, -0.05) is 12.1 Å². The second-order valence-electron chi connectivity index (χ2n) is 4.77. The van der Waals surface area contributed by atoms with Gasteiger partial charge in [0.1, 0.15) is 5.82 Å². The van der Waals surface area contributed by atoms with Crippen LogP contribution < -0.4 is 5.32 Å². The van der Waals surface area contributed by atoms with Gasteiger partial charge < -0.3 is 9.73 Å². The molecule has 2 aromatic rings. The number of Topliss-reactive ketones (excluding diaryl/α,β-unsaturated/α-hetero) is 2. The highest BCUT2D eigenvalue weighted by Crippen LogP contribution is 2.26. The summed E-state index contributed by atoms with van der Waals surface area (Å²) < 4.78 is 18.8. The summed E-state index contributed by atoms with van der Waals surface area (Å²) >= 11 is 0. The summed E-state index contributed by atoms with van der Waals surface area (Å²) in [6, 6.07) is 7.00. The van der Waals surface area contributed by atoms with Crippen molar-refractivity contribution in [3.63, 3.8) is 0 Å². The van der Waals surface area contributed by atoms with E-state index in [1.165, 1.54) is 31.2 Å². The Balaban J connectivity index is 1.98. The number of hydrogen-bond acceptors (Lipinski definition) is 5. The van der Waals surface area contributed by atoms with Crippen LogP contribution in [0.25, 0.3) is 0 Å². The number of benzene rings is 1. The smallest absolute Gasteiger partial charge is 0.245 e. The molecule has 0 unspecified atom stereocenters. The van der Waals surface area contributed by atoms with Crippen molar-refractivity contribution in [1.29, 1.82) is 0 Å². The van der Waals surface area contributed by atoms with Gasteiger partial charge in [0.2, 0.25) is 5.78 Å². The van der Waals surface area contributed by atoms with Crippen LogP contribution in [-0.4, -0.2) is 17.3 Å². The Bertz CT molecular complexity index is 848. The van der Waals surface area contributed by atoms with Gasteiger partial charge in [0.05, 0.1) is 16.9 Å². The number of nitrogens with one attached hydrogen (secondary N) is 1. The Labute approximate surface area is 124 Å². The monoisotopic (exact) mass is 299 g/mol. The predicted octanol–water partition coefficient (Wildman–Crippen LogP) is 3.00. The van der Waals surface area contributed by atoms with E-state index < -0.39 is 23.2 Å². The first kappa shape index (κ1) is 13.9. The van der Waals surface area contributed by atoms with Crippen LogP contribution in [-0.2, 0) is 0 Å². The van der Waals surface area contributed by atoms with Crippen LogP contribution in [0.2, 0.25) is 0 Å². The lowest BCUT2D eigenvalue weighted by atomic mass is 9.99. The van der Waals surface area contributed by atoms with Gasteiger partial charge in [-0.25, -0.2) is 4.39 Å². The van der Waals surface area contributed by atoms with Crippen molar-refractivity contribution in [2.75, 3.05) is 5.32 Å². The average molecular weight is 299 g/mol. The fourth-order valence-electron chi connectivity index (χ4n) is 2.11. The van der Waals surface area contributed by atoms with Crippen molar-refractivity contribution < 1.29 is 23.2 Å². The van der Waals surface area contributed by atoms with E-state index >= 15 is 0 Å². The molecule has 110 valence electrons. The van der Waals surface area contributed by atoms with Gasteiger partial charge in [-0.3, -0.25) is 14.4 Å². The molecular weight excluding hydrogens is 289 g/mol. The van der Waals surface area contributed by atoms with Crippen molar-refractivity contribution in [2.24, 2.45) is 0 Å². The third-order valence-corrected chi connectivity index (χ3v) is 3.21. The zero-order valence-electron chi connectivity index (χ0n) is 11.5. The molecule has 1 N–H and O–H groups in total. The molecule has 6 heteroatoms. The summed E-state index contributed by atoms with van der Waals surface area (Å²) in [5.41, 5.74) is -0.00182. The molecule has 0 radical (unpaired) electrons.